The number of ether oxygens (including phenoxy) is 1. The van der Waals surface area contributed by atoms with Gasteiger partial charge in [0.05, 0.1) is 6.61 Å². The zero-order valence-corrected chi connectivity index (χ0v) is 11.2. The van der Waals surface area contributed by atoms with E-state index >= 15 is 0 Å². The topological polar surface area (TPSA) is 99.1 Å². The Morgan fingerprint density at radius 3 is 2.84 bits per heavy atom. The lowest BCUT2D eigenvalue weighted by molar-refractivity contribution is -0.146. The van der Waals surface area contributed by atoms with Crippen molar-refractivity contribution in [1.82, 2.24) is 10.2 Å². The lowest BCUT2D eigenvalue weighted by Gasteiger charge is -2.27. The second-order valence-corrected chi connectivity index (χ2v) is 4.84. The number of nitrogens with zero attached hydrogens (tertiary/aromatic N) is 1. The fourth-order valence-corrected chi connectivity index (χ4v) is 2.00. The van der Waals surface area contributed by atoms with Gasteiger partial charge in [0.15, 0.2) is 6.10 Å². The molecule has 0 aliphatic carbocycles. The molecule has 1 aliphatic heterocycles. The predicted octanol–water partition coefficient (Wildman–Crippen LogP) is -0.110. The van der Waals surface area contributed by atoms with Crippen LogP contribution in [0, 0.1) is 5.92 Å². The van der Waals surface area contributed by atoms with Gasteiger partial charge in [-0.2, -0.15) is 0 Å². The van der Waals surface area contributed by atoms with Crippen molar-refractivity contribution in [2.24, 2.45) is 5.92 Å². The minimum absolute atomic E-state index is 0.00144. The second kappa shape index (κ2) is 7.96. The molecule has 2 atom stereocenters. The van der Waals surface area contributed by atoms with Crippen LogP contribution in [0.3, 0.4) is 0 Å². The molecule has 1 fully saturated rings. The van der Waals surface area contributed by atoms with Crippen molar-refractivity contribution in [2.75, 3.05) is 33.4 Å². The smallest absolute Gasteiger partial charge is 0.332 e. The highest BCUT2D eigenvalue weighted by Crippen LogP contribution is 2.14. The molecule has 1 aliphatic rings. The maximum absolute atomic E-state index is 11.7. The first-order valence-corrected chi connectivity index (χ1v) is 6.48. The van der Waals surface area contributed by atoms with E-state index in [4.69, 9.17) is 14.9 Å². The Labute approximate surface area is 112 Å². The number of hydrogen-bond acceptors (Lipinski definition) is 4. The first-order valence-electron chi connectivity index (χ1n) is 6.48. The van der Waals surface area contributed by atoms with Crippen molar-refractivity contribution in [2.45, 2.75) is 25.4 Å². The number of rotatable bonds is 6. The number of carbonyl (C=O) groups excluding carboxylic acids is 1. The van der Waals surface area contributed by atoms with Crippen LogP contribution in [0.25, 0.3) is 0 Å². The third-order valence-corrected chi connectivity index (χ3v) is 3.11. The molecular formula is C12H22N2O5. The van der Waals surface area contributed by atoms with Crippen LogP contribution >= 0.6 is 0 Å². The van der Waals surface area contributed by atoms with Gasteiger partial charge >= 0.3 is 12.0 Å². The summed E-state index contributed by atoms with van der Waals surface area (Å²) < 4.78 is 5.34. The predicted molar refractivity (Wildman–Crippen MR) is 67.8 cm³/mol. The van der Waals surface area contributed by atoms with E-state index in [1.165, 1.54) is 0 Å². The van der Waals surface area contributed by atoms with Crippen molar-refractivity contribution < 1.29 is 24.5 Å². The molecule has 1 heterocycles. The number of aliphatic hydroxyl groups is 1. The Morgan fingerprint density at radius 2 is 2.26 bits per heavy atom. The number of amides is 2. The van der Waals surface area contributed by atoms with Gasteiger partial charge in [0.2, 0.25) is 0 Å². The molecule has 0 spiro atoms. The number of urea groups is 1. The molecule has 19 heavy (non-hydrogen) atoms. The molecule has 110 valence electrons. The van der Waals surface area contributed by atoms with E-state index in [0.717, 1.165) is 19.4 Å². The molecular weight excluding hydrogens is 252 g/mol. The number of carboxylic acid groups (broad SMARTS) is 1. The fraction of sp³-hybridized carbons (Fsp3) is 0.833. The highest BCUT2D eigenvalue weighted by molar-refractivity contribution is 5.74. The summed E-state index contributed by atoms with van der Waals surface area (Å²) in [5, 5.41) is 20.1. The third kappa shape index (κ3) is 5.89. The molecule has 0 radical (unpaired) electrons. The van der Waals surface area contributed by atoms with Gasteiger partial charge in [0, 0.05) is 39.1 Å². The molecule has 0 aromatic carbocycles. The van der Waals surface area contributed by atoms with E-state index in [-0.39, 0.29) is 19.0 Å². The van der Waals surface area contributed by atoms with E-state index in [1.54, 1.807) is 11.9 Å². The van der Waals surface area contributed by atoms with Crippen molar-refractivity contribution >= 4 is 12.0 Å². The molecule has 2 amide bonds. The Bertz CT molecular complexity index is 304. The molecule has 2 unspecified atom stereocenters. The number of carboxylic acids is 1. The molecule has 7 heteroatoms. The van der Waals surface area contributed by atoms with Gasteiger partial charge in [0.1, 0.15) is 0 Å². The summed E-state index contributed by atoms with van der Waals surface area (Å²) in [6.07, 6.45) is 0.638. The highest BCUT2D eigenvalue weighted by atomic mass is 16.5. The number of hydrogen-bond donors (Lipinski definition) is 3. The molecule has 0 aromatic heterocycles. The van der Waals surface area contributed by atoms with Crippen LogP contribution in [0.15, 0.2) is 0 Å². The van der Waals surface area contributed by atoms with E-state index in [2.05, 4.69) is 5.32 Å². The lowest BCUT2D eigenvalue weighted by atomic mass is 10.0. The van der Waals surface area contributed by atoms with Crippen molar-refractivity contribution in [3.63, 3.8) is 0 Å². The molecule has 0 bridgehead atoms. The summed E-state index contributed by atoms with van der Waals surface area (Å²) in [4.78, 5) is 23.7. The summed E-state index contributed by atoms with van der Waals surface area (Å²) >= 11 is 0. The van der Waals surface area contributed by atoms with E-state index < -0.39 is 12.1 Å². The zero-order chi connectivity index (χ0) is 14.3. The number of aliphatic carboxylic acids is 1. The monoisotopic (exact) mass is 274 g/mol. The number of nitrogens with one attached hydrogen (secondary N) is 1. The van der Waals surface area contributed by atoms with Gasteiger partial charge in [-0.25, -0.2) is 9.59 Å². The summed E-state index contributed by atoms with van der Waals surface area (Å²) in [6, 6.07) is -0.261. The molecule has 3 N–H and O–H groups in total. The summed E-state index contributed by atoms with van der Waals surface area (Å²) in [5.41, 5.74) is 0. The quantitative estimate of drug-likeness (QED) is 0.627. The maximum Gasteiger partial charge on any atom is 0.332 e. The molecule has 1 rings (SSSR count). The Balaban J connectivity index is 2.19. The number of aliphatic hydroxyl groups excluding tert-OH is 1. The maximum atomic E-state index is 11.7. The lowest BCUT2D eigenvalue weighted by Crippen LogP contribution is -2.42. The molecule has 0 saturated carbocycles. The van der Waals surface area contributed by atoms with Crippen molar-refractivity contribution in [3.8, 4) is 0 Å². The highest BCUT2D eigenvalue weighted by Gasteiger charge is 2.19. The van der Waals surface area contributed by atoms with Crippen LogP contribution in [-0.2, 0) is 9.53 Å². The summed E-state index contributed by atoms with van der Waals surface area (Å²) in [6.45, 7) is 2.22. The van der Waals surface area contributed by atoms with Gasteiger partial charge in [-0.3, -0.25) is 0 Å². The van der Waals surface area contributed by atoms with E-state index in [0.29, 0.717) is 19.1 Å². The molecule has 0 aromatic rings. The van der Waals surface area contributed by atoms with Gasteiger partial charge in [0.25, 0.3) is 0 Å². The number of carbonyl (C=O) groups is 2. The van der Waals surface area contributed by atoms with Gasteiger partial charge < -0.3 is 25.2 Å². The Kier molecular flexibility index (Phi) is 6.58. The summed E-state index contributed by atoms with van der Waals surface area (Å²) in [7, 11) is 1.69. The summed E-state index contributed by atoms with van der Waals surface area (Å²) in [5.74, 6) is -0.920. The minimum atomic E-state index is -1.43. The van der Waals surface area contributed by atoms with Crippen LogP contribution < -0.4 is 5.32 Å². The first kappa shape index (κ1) is 15.7. The zero-order valence-electron chi connectivity index (χ0n) is 11.2. The normalized spacial score (nSPS) is 20.6. The Hall–Kier alpha value is -1.34. The van der Waals surface area contributed by atoms with E-state index in [9.17, 15) is 9.59 Å². The largest absolute Gasteiger partial charge is 0.479 e. The van der Waals surface area contributed by atoms with Crippen molar-refractivity contribution in [1.29, 1.82) is 0 Å². The van der Waals surface area contributed by atoms with Crippen LogP contribution in [0.1, 0.15) is 19.3 Å². The van der Waals surface area contributed by atoms with Crippen LogP contribution in [0.5, 0.6) is 0 Å². The fourth-order valence-electron chi connectivity index (χ4n) is 2.00. The van der Waals surface area contributed by atoms with Crippen LogP contribution in [0.2, 0.25) is 0 Å². The van der Waals surface area contributed by atoms with Gasteiger partial charge in [-0.05, 0) is 12.8 Å². The van der Waals surface area contributed by atoms with Gasteiger partial charge in [-0.15, -0.1) is 0 Å². The van der Waals surface area contributed by atoms with Crippen LogP contribution in [-0.4, -0.2) is 66.6 Å². The average molecular weight is 274 g/mol. The van der Waals surface area contributed by atoms with Gasteiger partial charge in [-0.1, -0.05) is 0 Å². The van der Waals surface area contributed by atoms with E-state index in [1.807, 2.05) is 0 Å². The third-order valence-electron chi connectivity index (χ3n) is 3.11. The standard InChI is InChI=1S/C12H22N2O5/c1-14(7-9-3-2-6-19-8-9)12(18)13-5-4-10(15)11(16)17/h9-10,15H,2-8H2,1H3,(H,13,18)(H,16,17). The van der Waals surface area contributed by atoms with Crippen molar-refractivity contribution in [3.05, 3.63) is 0 Å². The Morgan fingerprint density at radius 1 is 1.53 bits per heavy atom. The SMILES string of the molecule is CN(CC1CCCOC1)C(=O)NCCC(O)C(=O)O. The van der Waals surface area contributed by atoms with Crippen LogP contribution in [0.4, 0.5) is 4.79 Å². The molecule has 1 saturated heterocycles. The second-order valence-electron chi connectivity index (χ2n) is 4.84. The molecule has 7 nitrogen and oxygen atoms in total. The first-order chi connectivity index (χ1) is 9.00. The average Bonchev–Trinajstić information content (AvgIpc) is 2.39. The minimum Gasteiger partial charge on any atom is -0.479 e.